The second-order valence-corrected chi connectivity index (χ2v) is 5.63. The summed E-state index contributed by atoms with van der Waals surface area (Å²) in [6.07, 6.45) is 4.71. The monoisotopic (exact) mass is 342 g/mol. The van der Waals surface area contributed by atoms with Crippen molar-refractivity contribution in [1.82, 2.24) is 20.4 Å². The summed E-state index contributed by atoms with van der Waals surface area (Å²) in [7, 11) is 0. The number of aryl methyl sites for hydroxylation is 1. The van der Waals surface area contributed by atoms with Gasteiger partial charge in [-0.3, -0.25) is 9.48 Å². The van der Waals surface area contributed by atoms with Crippen LogP contribution in [0, 0.1) is 0 Å². The SMILES string of the molecule is CCNC(=NCc1cccc(NC(C)=O)c1)NCCCn1cccn1. The smallest absolute Gasteiger partial charge is 0.221 e. The summed E-state index contributed by atoms with van der Waals surface area (Å²) in [5.41, 5.74) is 1.83. The molecule has 0 bridgehead atoms. The molecule has 1 aromatic carbocycles. The topological polar surface area (TPSA) is 83.3 Å². The Balaban J connectivity index is 1.84. The fourth-order valence-corrected chi connectivity index (χ4v) is 2.34. The lowest BCUT2D eigenvalue weighted by molar-refractivity contribution is -0.114. The van der Waals surface area contributed by atoms with Gasteiger partial charge in [0.05, 0.1) is 6.54 Å². The summed E-state index contributed by atoms with van der Waals surface area (Å²) in [5.74, 6) is 0.709. The van der Waals surface area contributed by atoms with Gasteiger partial charge in [-0.05, 0) is 37.1 Å². The van der Waals surface area contributed by atoms with Crippen molar-refractivity contribution in [2.75, 3.05) is 18.4 Å². The van der Waals surface area contributed by atoms with Crippen LogP contribution < -0.4 is 16.0 Å². The molecule has 0 spiro atoms. The number of guanidine groups is 1. The van der Waals surface area contributed by atoms with Gasteiger partial charge in [-0.2, -0.15) is 5.10 Å². The van der Waals surface area contributed by atoms with Gasteiger partial charge in [-0.1, -0.05) is 12.1 Å². The van der Waals surface area contributed by atoms with Crippen LogP contribution in [0.1, 0.15) is 25.8 Å². The first-order chi connectivity index (χ1) is 12.2. The third-order valence-corrected chi connectivity index (χ3v) is 3.43. The molecule has 0 atom stereocenters. The summed E-state index contributed by atoms with van der Waals surface area (Å²) in [5, 5.41) is 13.5. The Labute approximate surface area is 148 Å². The molecule has 0 radical (unpaired) electrons. The first-order valence-electron chi connectivity index (χ1n) is 8.53. The molecule has 0 aliphatic heterocycles. The first kappa shape index (κ1) is 18.5. The highest BCUT2D eigenvalue weighted by Gasteiger charge is 2.00. The third-order valence-electron chi connectivity index (χ3n) is 3.43. The molecular formula is C18H26N6O. The van der Waals surface area contributed by atoms with E-state index in [1.165, 1.54) is 6.92 Å². The van der Waals surface area contributed by atoms with E-state index in [4.69, 9.17) is 0 Å². The lowest BCUT2D eigenvalue weighted by Crippen LogP contribution is -2.38. The standard InChI is InChI=1S/C18H26N6O/c1-3-19-18(20-9-5-11-24-12-6-10-22-24)21-14-16-7-4-8-17(13-16)23-15(2)25/h4,6-8,10,12-13H,3,5,9,11,14H2,1-2H3,(H,23,25)(H2,19,20,21). The molecular weight excluding hydrogens is 316 g/mol. The molecule has 3 N–H and O–H groups in total. The van der Waals surface area contributed by atoms with Crippen molar-refractivity contribution in [2.45, 2.75) is 33.4 Å². The zero-order valence-electron chi connectivity index (χ0n) is 14.8. The number of amides is 1. The molecule has 0 unspecified atom stereocenters. The van der Waals surface area contributed by atoms with Gasteiger partial charge in [-0.15, -0.1) is 0 Å². The molecule has 0 saturated heterocycles. The highest BCUT2D eigenvalue weighted by Crippen LogP contribution is 2.11. The van der Waals surface area contributed by atoms with E-state index in [1.54, 1.807) is 6.20 Å². The van der Waals surface area contributed by atoms with Gasteiger partial charge in [0.2, 0.25) is 5.91 Å². The van der Waals surface area contributed by atoms with Crippen molar-refractivity contribution < 1.29 is 4.79 Å². The second kappa shape index (κ2) is 10.1. The van der Waals surface area contributed by atoms with Gasteiger partial charge in [0.1, 0.15) is 0 Å². The summed E-state index contributed by atoms with van der Waals surface area (Å²) in [6.45, 7) is 6.58. The van der Waals surface area contributed by atoms with Crippen LogP contribution in [0.2, 0.25) is 0 Å². The van der Waals surface area contributed by atoms with Crippen LogP contribution in [-0.2, 0) is 17.9 Å². The minimum atomic E-state index is -0.0761. The van der Waals surface area contributed by atoms with Gasteiger partial charge in [-0.25, -0.2) is 4.99 Å². The molecule has 0 saturated carbocycles. The molecule has 1 heterocycles. The number of carbonyl (C=O) groups excluding carboxylic acids is 1. The van der Waals surface area contributed by atoms with E-state index in [2.05, 4.69) is 26.0 Å². The number of nitrogens with one attached hydrogen (secondary N) is 3. The molecule has 7 heteroatoms. The number of hydrogen-bond acceptors (Lipinski definition) is 3. The highest BCUT2D eigenvalue weighted by atomic mass is 16.1. The minimum Gasteiger partial charge on any atom is -0.357 e. The first-order valence-corrected chi connectivity index (χ1v) is 8.53. The van der Waals surface area contributed by atoms with Crippen LogP contribution in [0.15, 0.2) is 47.7 Å². The lowest BCUT2D eigenvalue weighted by Gasteiger charge is -2.11. The zero-order valence-corrected chi connectivity index (χ0v) is 14.8. The van der Waals surface area contributed by atoms with Crippen LogP contribution in [-0.4, -0.2) is 34.7 Å². The second-order valence-electron chi connectivity index (χ2n) is 5.63. The quantitative estimate of drug-likeness (QED) is 0.389. The van der Waals surface area contributed by atoms with E-state index in [1.807, 2.05) is 48.1 Å². The van der Waals surface area contributed by atoms with E-state index < -0.39 is 0 Å². The van der Waals surface area contributed by atoms with Crippen molar-refractivity contribution >= 4 is 17.6 Å². The van der Waals surface area contributed by atoms with Crippen molar-refractivity contribution in [1.29, 1.82) is 0 Å². The molecule has 2 rings (SSSR count). The number of aromatic nitrogens is 2. The van der Waals surface area contributed by atoms with Crippen LogP contribution >= 0.6 is 0 Å². The Hall–Kier alpha value is -2.83. The number of nitrogens with zero attached hydrogens (tertiary/aromatic N) is 3. The molecule has 134 valence electrons. The maximum atomic E-state index is 11.1. The average molecular weight is 342 g/mol. The molecule has 0 aliphatic rings. The molecule has 1 amide bonds. The molecule has 0 aliphatic carbocycles. The van der Waals surface area contributed by atoms with E-state index in [-0.39, 0.29) is 5.91 Å². The Morgan fingerprint density at radius 1 is 1.28 bits per heavy atom. The maximum absolute atomic E-state index is 11.1. The minimum absolute atomic E-state index is 0.0761. The number of benzene rings is 1. The Morgan fingerprint density at radius 2 is 2.16 bits per heavy atom. The zero-order chi connectivity index (χ0) is 17.9. The van der Waals surface area contributed by atoms with Gasteiger partial charge in [0, 0.05) is 44.6 Å². The summed E-state index contributed by atoms with van der Waals surface area (Å²) in [4.78, 5) is 15.7. The fraction of sp³-hybridized carbons (Fsp3) is 0.389. The number of aliphatic imine (C=N–C) groups is 1. The van der Waals surface area contributed by atoms with Crippen LogP contribution in [0.4, 0.5) is 5.69 Å². The maximum Gasteiger partial charge on any atom is 0.221 e. The molecule has 7 nitrogen and oxygen atoms in total. The summed E-state index contributed by atoms with van der Waals surface area (Å²) < 4.78 is 1.92. The van der Waals surface area contributed by atoms with Gasteiger partial charge in [0.15, 0.2) is 5.96 Å². The molecule has 0 fully saturated rings. The average Bonchev–Trinajstić information content (AvgIpc) is 3.09. The van der Waals surface area contributed by atoms with E-state index in [9.17, 15) is 4.79 Å². The van der Waals surface area contributed by atoms with Crippen LogP contribution in [0.3, 0.4) is 0 Å². The highest BCUT2D eigenvalue weighted by molar-refractivity contribution is 5.88. The Morgan fingerprint density at radius 3 is 2.88 bits per heavy atom. The van der Waals surface area contributed by atoms with Gasteiger partial charge < -0.3 is 16.0 Å². The largest absolute Gasteiger partial charge is 0.357 e. The van der Waals surface area contributed by atoms with E-state index in [0.29, 0.717) is 6.54 Å². The normalized spacial score (nSPS) is 11.2. The van der Waals surface area contributed by atoms with Gasteiger partial charge in [0.25, 0.3) is 0 Å². The summed E-state index contributed by atoms with van der Waals surface area (Å²) >= 11 is 0. The third kappa shape index (κ3) is 7.07. The van der Waals surface area contributed by atoms with E-state index >= 15 is 0 Å². The number of anilines is 1. The summed E-state index contributed by atoms with van der Waals surface area (Å²) in [6, 6.07) is 9.64. The predicted octanol–water partition coefficient (Wildman–Crippen LogP) is 1.99. The predicted molar refractivity (Wildman–Crippen MR) is 100 cm³/mol. The molecule has 25 heavy (non-hydrogen) atoms. The van der Waals surface area contributed by atoms with Gasteiger partial charge >= 0.3 is 0 Å². The number of rotatable bonds is 8. The molecule has 1 aromatic heterocycles. The van der Waals surface area contributed by atoms with Crippen LogP contribution in [0.5, 0.6) is 0 Å². The fourth-order valence-electron chi connectivity index (χ4n) is 2.34. The Kier molecular flexibility index (Phi) is 7.49. The Bertz CT molecular complexity index is 681. The number of carbonyl (C=O) groups is 1. The molecule has 2 aromatic rings. The number of hydrogen-bond donors (Lipinski definition) is 3. The van der Waals surface area contributed by atoms with Crippen molar-refractivity contribution in [3.63, 3.8) is 0 Å². The lowest BCUT2D eigenvalue weighted by atomic mass is 10.2. The van der Waals surface area contributed by atoms with Crippen LogP contribution in [0.25, 0.3) is 0 Å². The van der Waals surface area contributed by atoms with Crippen molar-refractivity contribution in [3.05, 3.63) is 48.3 Å². The van der Waals surface area contributed by atoms with Crippen molar-refractivity contribution in [3.8, 4) is 0 Å². The van der Waals surface area contributed by atoms with Crippen molar-refractivity contribution in [2.24, 2.45) is 4.99 Å². The van der Waals surface area contributed by atoms with E-state index in [0.717, 1.165) is 43.3 Å².